The van der Waals surface area contributed by atoms with Crippen LogP contribution in [0.5, 0.6) is 0 Å². The first-order chi connectivity index (χ1) is 12.0. The number of aromatic nitrogens is 5. The van der Waals surface area contributed by atoms with Crippen LogP contribution in [0.25, 0.3) is 0 Å². The van der Waals surface area contributed by atoms with Gasteiger partial charge in [-0.2, -0.15) is 5.10 Å². The van der Waals surface area contributed by atoms with Crippen molar-refractivity contribution in [3.63, 3.8) is 0 Å². The van der Waals surface area contributed by atoms with Crippen LogP contribution in [0, 0.1) is 12.8 Å². The number of anilines is 1. The molecule has 0 radical (unpaired) electrons. The van der Waals surface area contributed by atoms with Crippen molar-refractivity contribution in [2.45, 2.75) is 38.3 Å². The Morgan fingerprint density at radius 2 is 2.08 bits per heavy atom. The van der Waals surface area contributed by atoms with E-state index >= 15 is 0 Å². The first kappa shape index (κ1) is 15.8. The molecule has 2 aromatic rings. The zero-order valence-corrected chi connectivity index (χ0v) is 14.5. The van der Waals surface area contributed by atoms with E-state index in [1.165, 1.54) is 0 Å². The van der Waals surface area contributed by atoms with Gasteiger partial charge in [-0.25, -0.2) is 0 Å². The molecule has 1 aliphatic heterocycles. The summed E-state index contributed by atoms with van der Waals surface area (Å²) in [6, 6.07) is 0.0491. The van der Waals surface area contributed by atoms with E-state index in [0.29, 0.717) is 12.0 Å². The minimum Gasteiger partial charge on any atom is -0.338 e. The predicted molar refractivity (Wildman–Crippen MR) is 88.5 cm³/mol. The second kappa shape index (κ2) is 5.68. The van der Waals surface area contributed by atoms with Gasteiger partial charge < -0.3 is 4.90 Å². The van der Waals surface area contributed by atoms with E-state index in [0.717, 1.165) is 24.1 Å². The molecule has 132 valence electrons. The van der Waals surface area contributed by atoms with Crippen molar-refractivity contribution < 1.29 is 9.59 Å². The predicted octanol–water partition coefficient (Wildman–Crippen LogP) is 0.813. The van der Waals surface area contributed by atoms with Crippen molar-refractivity contribution in [2.24, 2.45) is 13.0 Å². The maximum Gasteiger partial charge on any atom is 0.232 e. The van der Waals surface area contributed by atoms with E-state index in [1.54, 1.807) is 29.2 Å². The molecule has 9 heteroatoms. The molecule has 0 aromatic carbocycles. The van der Waals surface area contributed by atoms with E-state index in [-0.39, 0.29) is 24.3 Å². The molecule has 1 aliphatic carbocycles. The minimum absolute atomic E-state index is 0.0444. The Balaban J connectivity index is 1.60. The molecule has 4 rings (SSSR count). The highest BCUT2D eigenvalue weighted by Gasteiger charge is 2.44. The van der Waals surface area contributed by atoms with Crippen molar-refractivity contribution in [1.82, 2.24) is 29.4 Å². The van der Waals surface area contributed by atoms with Gasteiger partial charge in [-0.1, -0.05) is 0 Å². The summed E-state index contributed by atoms with van der Waals surface area (Å²) in [5.74, 6) is -0.279. The lowest BCUT2D eigenvalue weighted by molar-refractivity contribution is -0.128. The van der Waals surface area contributed by atoms with E-state index in [9.17, 15) is 9.59 Å². The van der Waals surface area contributed by atoms with Crippen LogP contribution in [0.15, 0.2) is 12.5 Å². The molecule has 0 unspecified atom stereocenters. The molecule has 2 amide bonds. The van der Waals surface area contributed by atoms with Gasteiger partial charge in [0.15, 0.2) is 0 Å². The SMILES string of the molecule is Cc1c([C@@H]2[C@@H](C(=O)Nc3nncn3C3CC3)CC(=O)N2C)cnn1C. The van der Waals surface area contributed by atoms with E-state index in [2.05, 4.69) is 20.6 Å². The summed E-state index contributed by atoms with van der Waals surface area (Å²) in [6.45, 7) is 1.94. The van der Waals surface area contributed by atoms with Crippen molar-refractivity contribution in [3.05, 3.63) is 23.8 Å². The third-order valence-corrected chi connectivity index (χ3v) is 5.26. The maximum absolute atomic E-state index is 12.9. The molecule has 2 aliphatic rings. The number of hydrogen-bond acceptors (Lipinski definition) is 5. The lowest BCUT2D eigenvalue weighted by Gasteiger charge is -2.24. The van der Waals surface area contributed by atoms with Crippen LogP contribution in [0.3, 0.4) is 0 Å². The number of nitrogens with zero attached hydrogens (tertiary/aromatic N) is 6. The van der Waals surface area contributed by atoms with Gasteiger partial charge in [-0.15, -0.1) is 10.2 Å². The summed E-state index contributed by atoms with van der Waals surface area (Å²) in [6.07, 6.45) is 5.70. The lowest BCUT2D eigenvalue weighted by atomic mass is 9.93. The molecule has 1 saturated carbocycles. The van der Waals surface area contributed by atoms with Crippen molar-refractivity contribution in [2.75, 3.05) is 12.4 Å². The van der Waals surface area contributed by atoms with Crippen molar-refractivity contribution in [3.8, 4) is 0 Å². The molecule has 9 nitrogen and oxygen atoms in total. The highest BCUT2D eigenvalue weighted by molar-refractivity contribution is 5.97. The Bertz CT molecular complexity index is 835. The molecule has 0 spiro atoms. The highest BCUT2D eigenvalue weighted by Crippen LogP contribution is 2.40. The summed E-state index contributed by atoms with van der Waals surface area (Å²) in [5, 5.41) is 15.0. The topological polar surface area (TPSA) is 97.9 Å². The third kappa shape index (κ3) is 2.59. The Morgan fingerprint density at radius 1 is 1.32 bits per heavy atom. The van der Waals surface area contributed by atoms with Gasteiger partial charge in [0.2, 0.25) is 17.8 Å². The van der Waals surface area contributed by atoms with Gasteiger partial charge in [-0.3, -0.25) is 24.2 Å². The van der Waals surface area contributed by atoms with E-state index in [4.69, 9.17) is 0 Å². The van der Waals surface area contributed by atoms with Crippen LogP contribution in [-0.2, 0) is 16.6 Å². The van der Waals surface area contributed by atoms with Gasteiger partial charge in [0.1, 0.15) is 6.33 Å². The average Bonchev–Trinajstić information content (AvgIpc) is 3.15. The van der Waals surface area contributed by atoms with Gasteiger partial charge in [0.25, 0.3) is 0 Å². The molecule has 0 bridgehead atoms. The first-order valence-corrected chi connectivity index (χ1v) is 8.42. The molecule has 2 atom stereocenters. The van der Waals surface area contributed by atoms with Gasteiger partial charge in [-0.05, 0) is 19.8 Å². The number of hydrogen-bond donors (Lipinski definition) is 1. The van der Waals surface area contributed by atoms with Crippen LogP contribution in [0.1, 0.15) is 42.6 Å². The van der Waals surface area contributed by atoms with Gasteiger partial charge in [0, 0.05) is 37.8 Å². The molecule has 1 saturated heterocycles. The highest BCUT2D eigenvalue weighted by atomic mass is 16.2. The summed E-state index contributed by atoms with van der Waals surface area (Å²) in [7, 11) is 3.59. The number of aryl methyl sites for hydroxylation is 1. The molecule has 1 N–H and O–H groups in total. The number of amides is 2. The smallest absolute Gasteiger partial charge is 0.232 e. The van der Waals surface area contributed by atoms with Crippen molar-refractivity contribution in [1.29, 1.82) is 0 Å². The standard InChI is InChI=1S/C16H21N7O2/c1-9-12(7-18-22(9)3)14-11(6-13(24)21(14)2)15(25)19-16-20-17-8-23(16)10-4-5-10/h7-8,10-11,14H,4-6H2,1-3H3,(H,19,20,25)/t11-,14-/m0/s1. The fourth-order valence-corrected chi connectivity index (χ4v) is 3.49. The monoisotopic (exact) mass is 343 g/mol. The molecule has 2 fully saturated rings. The average molecular weight is 343 g/mol. The number of nitrogens with one attached hydrogen (secondary N) is 1. The van der Waals surface area contributed by atoms with Crippen LogP contribution in [0.4, 0.5) is 5.95 Å². The Kier molecular flexibility index (Phi) is 3.59. The van der Waals surface area contributed by atoms with Crippen LogP contribution in [0.2, 0.25) is 0 Å². The van der Waals surface area contributed by atoms with Crippen molar-refractivity contribution >= 4 is 17.8 Å². The number of likely N-dealkylation sites (tertiary alicyclic amines) is 1. The fraction of sp³-hybridized carbons (Fsp3) is 0.562. The zero-order valence-electron chi connectivity index (χ0n) is 14.5. The lowest BCUT2D eigenvalue weighted by Crippen LogP contribution is -2.31. The second-order valence-corrected chi connectivity index (χ2v) is 6.85. The zero-order chi connectivity index (χ0) is 17.7. The quantitative estimate of drug-likeness (QED) is 0.886. The van der Waals surface area contributed by atoms with Crippen LogP contribution in [-0.4, -0.2) is 48.3 Å². The summed E-state index contributed by atoms with van der Waals surface area (Å²) < 4.78 is 3.65. The number of rotatable bonds is 4. The maximum atomic E-state index is 12.9. The Hall–Kier alpha value is -2.71. The Labute approximate surface area is 145 Å². The summed E-state index contributed by atoms with van der Waals surface area (Å²) in [5.41, 5.74) is 1.85. The molecule has 2 aromatic heterocycles. The normalized spacial score (nSPS) is 23.3. The fourth-order valence-electron chi connectivity index (χ4n) is 3.49. The van der Waals surface area contributed by atoms with E-state index < -0.39 is 5.92 Å². The van der Waals surface area contributed by atoms with Crippen LogP contribution < -0.4 is 5.32 Å². The number of carbonyl (C=O) groups is 2. The summed E-state index contributed by atoms with van der Waals surface area (Å²) >= 11 is 0. The minimum atomic E-state index is -0.482. The first-order valence-electron chi connectivity index (χ1n) is 8.42. The van der Waals surface area contributed by atoms with E-state index in [1.807, 2.05) is 18.5 Å². The number of carbonyl (C=O) groups excluding carboxylic acids is 2. The van der Waals surface area contributed by atoms with Gasteiger partial charge >= 0.3 is 0 Å². The molecule has 25 heavy (non-hydrogen) atoms. The Morgan fingerprint density at radius 3 is 2.72 bits per heavy atom. The largest absolute Gasteiger partial charge is 0.338 e. The third-order valence-electron chi connectivity index (χ3n) is 5.26. The molecular formula is C16H21N7O2. The second-order valence-electron chi connectivity index (χ2n) is 6.85. The van der Waals surface area contributed by atoms with Gasteiger partial charge in [0.05, 0.1) is 18.2 Å². The molecule has 3 heterocycles. The molecular weight excluding hydrogens is 322 g/mol. The summed E-state index contributed by atoms with van der Waals surface area (Å²) in [4.78, 5) is 26.8. The van der Waals surface area contributed by atoms with Crippen LogP contribution >= 0.6 is 0 Å².